The molecule has 0 saturated heterocycles. The number of aliphatic hydroxyl groups is 1. The smallest absolute Gasteiger partial charge is 0.462 e. The molecule has 0 saturated carbocycles. The molecule has 0 amide bonds. The first kappa shape index (κ1) is 100. The highest BCUT2D eigenvalue weighted by molar-refractivity contribution is 7.47. The van der Waals surface area contributed by atoms with E-state index in [1.807, 2.05) is 0 Å². The van der Waals surface area contributed by atoms with Crippen LogP contribution in [0.15, 0.2) is 0 Å². The topological polar surface area (TPSA) is 237 Å². The molecule has 0 aliphatic rings. The zero-order valence-electron chi connectivity index (χ0n) is 67.2. The van der Waals surface area contributed by atoms with Crippen LogP contribution in [0.1, 0.15) is 428 Å². The fourth-order valence-corrected chi connectivity index (χ4v) is 14.4. The number of aliphatic hydroxyl groups excluding tert-OH is 1. The second kappa shape index (κ2) is 72.0. The minimum absolute atomic E-state index is 0.107. The molecule has 0 aromatic heterocycles. The number of carbonyl (C=O) groups excluding carboxylic acids is 4. The quantitative estimate of drug-likeness (QED) is 0.0222. The van der Waals surface area contributed by atoms with Crippen molar-refractivity contribution >= 4 is 39.5 Å². The average Bonchev–Trinajstić information content (AvgIpc) is 0.908. The van der Waals surface area contributed by atoms with Gasteiger partial charge in [-0.25, -0.2) is 9.13 Å². The van der Waals surface area contributed by atoms with E-state index in [9.17, 15) is 43.2 Å². The molecule has 0 spiro atoms. The monoisotopic (exact) mass is 1490 g/mol. The lowest BCUT2D eigenvalue weighted by atomic mass is 10.0. The summed E-state index contributed by atoms with van der Waals surface area (Å²) in [5.74, 6) is 0.980. The van der Waals surface area contributed by atoms with Crippen molar-refractivity contribution in [3.63, 3.8) is 0 Å². The van der Waals surface area contributed by atoms with Crippen LogP contribution in [0, 0.1) is 23.7 Å². The normalized spacial score (nSPS) is 14.0. The molecule has 0 bridgehead atoms. The third kappa shape index (κ3) is 76.3. The summed E-state index contributed by atoms with van der Waals surface area (Å²) in [6.07, 6.45) is 59.8. The van der Waals surface area contributed by atoms with Crippen LogP contribution in [0.25, 0.3) is 0 Å². The lowest BCUT2D eigenvalue weighted by molar-refractivity contribution is -0.161. The number of hydrogen-bond donors (Lipinski definition) is 3. The van der Waals surface area contributed by atoms with Crippen molar-refractivity contribution in [3.05, 3.63) is 0 Å². The highest BCUT2D eigenvalue weighted by Crippen LogP contribution is 2.45. The molecule has 0 radical (unpaired) electrons. The van der Waals surface area contributed by atoms with Crippen LogP contribution in [0.3, 0.4) is 0 Å². The first-order valence-corrected chi connectivity index (χ1v) is 45.7. The Morgan fingerprint density at radius 1 is 0.245 bits per heavy atom. The van der Waals surface area contributed by atoms with Crippen molar-refractivity contribution < 1.29 is 80.2 Å². The van der Waals surface area contributed by atoms with Gasteiger partial charge in [0.1, 0.15) is 19.3 Å². The first-order valence-electron chi connectivity index (χ1n) is 42.7. The Kier molecular flexibility index (Phi) is 70.6. The van der Waals surface area contributed by atoms with Gasteiger partial charge in [0.25, 0.3) is 0 Å². The largest absolute Gasteiger partial charge is 0.472 e. The van der Waals surface area contributed by atoms with E-state index in [1.165, 1.54) is 225 Å². The lowest BCUT2D eigenvalue weighted by Gasteiger charge is -2.21. The van der Waals surface area contributed by atoms with Crippen molar-refractivity contribution in [2.24, 2.45) is 23.7 Å². The van der Waals surface area contributed by atoms with Crippen LogP contribution in [0.5, 0.6) is 0 Å². The maximum atomic E-state index is 13.1. The molecule has 0 heterocycles. The molecule has 0 aromatic carbocycles. The van der Waals surface area contributed by atoms with Gasteiger partial charge in [-0.1, -0.05) is 376 Å². The molecule has 3 unspecified atom stereocenters. The van der Waals surface area contributed by atoms with Crippen molar-refractivity contribution in [1.29, 1.82) is 0 Å². The number of carbonyl (C=O) groups is 4. The molecule has 19 heteroatoms. The SMILES string of the molecule is CC(C)CCCCCCCCCCCCCCCCCCC(=O)OC[C@H](COP(=O)(O)OCC(O)COP(=O)(O)OC[C@@H](COC(=O)CCCCCCCCCC(C)C)OC(=O)CCCCCCCCCCCCCCCCCCC(C)C)OC(=O)CCCCCCCCCCCCCC(C)C. The number of rotatable bonds is 80. The van der Waals surface area contributed by atoms with Crippen LogP contribution in [-0.2, 0) is 65.4 Å². The lowest BCUT2D eigenvalue weighted by Crippen LogP contribution is -2.30. The van der Waals surface area contributed by atoms with Crippen LogP contribution in [-0.4, -0.2) is 96.7 Å². The first-order chi connectivity index (χ1) is 49.1. The highest BCUT2D eigenvalue weighted by atomic mass is 31.2. The molecule has 0 rings (SSSR count). The predicted molar refractivity (Wildman–Crippen MR) is 418 cm³/mol. The van der Waals surface area contributed by atoms with Crippen molar-refractivity contribution in [2.45, 2.75) is 446 Å². The predicted octanol–water partition coefficient (Wildman–Crippen LogP) is 24.8. The van der Waals surface area contributed by atoms with E-state index < -0.39 is 97.5 Å². The molecule has 606 valence electrons. The van der Waals surface area contributed by atoms with Crippen molar-refractivity contribution in [1.82, 2.24) is 0 Å². The number of hydrogen-bond acceptors (Lipinski definition) is 15. The summed E-state index contributed by atoms with van der Waals surface area (Å²) >= 11 is 0. The number of ether oxygens (including phenoxy) is 4. The molecular formula is C83H162O17P2. The minimum Gasteiger partial charge on any atom is -0.462 e. The van der Waals surface area contributed by atoms with Gasteiger partial charge in [-0.2, -0.15) is 0 Å². The molecule has 3 N–H and O–H groups in total. The molecule has 17 nitrogen and oxygen atoms in total. The molecule has 0 fully saturated rings. The average molecular weight is 1490 g/mol. The van der Waals surface area contributed by atoms with Gasteiger partial charge in [0, 0.05) is 25.7 Å². The Labute approximate surface area is 626 Å². The molecule has 0 aromatic rings. The van der Waals surface area contributed by atoms with Gasteiger partial charge in [0.2, 0.25) is 0 Å². The Morgan fingerprint density at radius 3 is 0.608 bits per heavy atom. The Balaban J connectivity index is 5.21. The summed E-state index contributed by atoms with van der Waals surface area (Å²) in [5, 5.41) is 10.7. The molecule has 0 aliphatic heterocycles. The Morgan fingerprint density at radius 2 is 0.412 bits per heavy atom. The molecular weight excluding hydrogens is 1330 g/mol. The molecule has 0 aliphatic carbocycles. The summed E-state index contributed by atoms with van der Waals surface area (Å²) in [5.41, 5.74) is 0. The Hall–Kier alpha value is -1.94. The number of esters is 4. The van der Waals surface area contributed by atoms with E-state index in [4.69, 9.17) is 37.0 Å². The van der Waals surface area contributed by atoms with Crippen LogP contribution in [0.2, 0.25) is 0 Å². The summed E-state index contributed by atoms with van der Waals surface area (Å²) in [7, 11) is -9.92. The van der Waals surface area contributed by atoms with E-state index in [1.54, 1.807) is 0 Å². The number of unbranched alkanes of at least 4 members (excludes halogenated alkanes) is 46. The van der Waals surface area contributed by atoms with Crippen LogP contribution in [0.4, 0.5) is 0 Å². The third-order valence-electron chi connectivity index (χ3n) is 19.3. The zero-order valence-corrected chi connectivity index (χ0v) is 69.0. The second-order valence-electron chi connectivity index (χ2n) is 31.8. The molecule has 5 atom stereocenters. The van der Waals surface area contributed by atoms with Gasteiger partial charge in [0.05, 0.1) is 26.4 Å². The van der Waals surface area contributed by atoms with Crippen molar-refractivity contribution in [2.75, 3.05) is 39.6 Å². The fourth-order valence-electron chi connectivity index (χ4n) is 12.8. The zero-order chi connectivity index (χ0) is 75.3. The highest BCUT2D eigenvalue weighted by Gasteiger charge is 2.30. The third-order valence-corrected chi connectivity index (χ3v) is 21.2. The second-order valence-corrected chi connectivity index (χ2v) is 34.7. The summed E-state index contributed by atoms with van der Waals surface area (Å²) in [6, 6.07) is 0. The van der Waals surface area contributed by atoms with Crippen LogP contribution >= 0.6 is 15.6 Å². The standard InChI is InChI=1S/C83H162O17P2/c1-73(2)59-51-43-35-28-22-17-13-9-11-15-19-25-31-39-47-55-63-80(85)93-69-78(99-83(88)66-58-50-41-33-27-21-24-30-37-45-53-61-75(5)6)71-97-101(89,90)95-67-77(84)68-96-102(91,92)98-72-79(70-94-81(86)64-56-48-42-34-38-46-54-62-76(7)8)100-82(87)65-57-49-40-32-26-20-16-12-10-14-18-23-29-36-44-52-60-74(3)4/h73-79,84H,9-72H2,1-8H3,(H,89,90)(H,91,92)/t77?,78-,79-/m1/s1. The van der Waals surface area contributed by atoms with E-state index >= 15 is 0 Å². The van der Waals surface area contributed by atoms with Gasteiger partial charge < -0.3 is 33.8 Å². The maximum Gasteiger partial charge on any atom is 0.472 e. The summed E-state index contributed by atoms with van der Waals surface area (Å²) < 4.78 is 68.8. The summed E-state index contributed by atoms with van der Waals surface area (Å²) in [6.45, 7) is 14.3. The maximum absolute atomic E-state index is 13.1. The van der Waals surface area contributed by atoms with E-state index in [-0.39, 0.29) is 25.7 Å². The minimum atomic E-state index is -4.96. The van der Waals surface area contributed by atoms with Gasteiger partial charge in [-0.3, -0.25) is 37.3 Å². The van der Waals surface area contributed by atoms with E-state index in [0.29, 0.717) is 31.6 Å². The van der Waals surface area contributed by atoms with E-state index in [2.05, 4.69) is 55.4 Å². The van der Waals surface area contributed by atoms with Crippen LogP contribution < -0.4 is 0 Å². The number of phosphoric ester groups is 2. The summed E-state index contributed by atoms with van der Waals surface area (Å²) in [4.78, 5) is 73.1. The van der Waals surface area contributed by atoms with Gasteiger partial charge >= 0.3 is 39.5 Å². The van der Waals surface area contributed by atoms with Gasteiger partial charge in [0.15, 0.2) is 12.2 Å². The van der Waals surface area contributed by atoms with E-state index in [0.717, 1.165) is 114 Å². The number of phosphoric acid groups is 2. The van der Waals surface area contributed by atoms with Gasteiger partial charge in [-0.15, -0.1) is 0 Å². The Bertz CT molecular complexity index is 1990. The van der Waals surface area contributed by atoms with Gasteiger partial charge in [-0.05, 0) is 49.4 Å². The fraction of sp³-hybridized carbons (Fsp3) is 0.952. The molecule has 102 heavy (non-hydrogen) atoms. The van der Waals surface area contributed by atoms with Crippen molar-refractivity contribution in [3.8, 4) is 0 Å².